The van der Waals surface area contributed by atoms with Gasteiger partial charge in [0.2, 0.25) is 0 Å². The third-order valence-corrected chi connectivity index (χ3v) is 4.06. The van der Waals surface area contributed by atoms with Gasteiger partial charge in [0.15, 0.2) is 0 Å². The van der Waals surface area contributed by atoms with Gasteiger partial charge < -0.3 is 5.32 Å². The fourth-order valence-electron chi connectivity index (χ4n) is 2.31. The van der Waals surface area contributed by atoms with Crippen LogP contribution in [0.3, 0.4) is 0 Å². The van der Waals surface area contributed by atoms with E-state index >= 15 is 0 Å². The highest BCUT2D eigenvalue weighted by atomic mass is 127. The van der Waals surface area contributed by atoms with Crippen LogP contribution in [0.15, 0.2) is 42.6 Å². The minimum atomic E-state index is -0.146. The van der Waals surface area contributed by atoms with Crippen LogP contribution in [0.4, 0.5) is 5.69 Å². The van der Waals surface area contributed by atoms with Crippen molar-refractivity contribution in [1.29, 1.82) is 0 Å². The van der Waals surface area contributed by atoms with E-state index in [1.54, 1.807) is 0 Å². The van der Waals surface area contributed by atoms with Crippen LogP contribution in [0, 0.1) is 17.4 Å². The number of nitrogens with zero attached hydrogens (tertiary/aromatic N) is 2. The molecular formula is C16H14IN3O. The molecule has 3 aromatic rings. The first-order valence-corrected chi connectivity index (χ1v) is 7.65. The number of halogens is 1. The van der Waals surface area contributed by atoms with Gasteiger partial charge >= 0.3 is 0 Å². The van der Waals surface area contributed by atoms with Crippen molar-refractivity contribution in [1.82, 2.24) is 9.38 Å². The van der Waals surface area contributed by atoms with Crippen LogP contribution < -0.4 is 5.32 Å². The number of fused-ring (bicyclic) bond motifs is 1. The predicted octanol–water partition coefficient (Wildman–Crippen LogP) is 3.81. The average Bonchev–Trinajstić information content (AvgIpc) is 2.79. The lowest BCUT2D eigenvalue weighted by Gasteiger charge is -2.06. The lowest BCUT2D eigenvalue weighted by atomic mass is 10.2. The van der Waals surface area contributed by atoms with Gasteiger partial charge in [-0.05, 0) is 72.3 Å². The molecule has 0 spiro atoms. The van der Waals surface area contributed by atoms with E-state index < -0.39 is 0 Å². The summed E-state index contributed by atoms with van der Waals surface area (Å²) < 4.78 is 2.97. The maximum absolute atomic E-state index is 12.5. The van der Waals surface area contributed by atoms with Crippen molar-refractivity contribution >= 4 is 39.8 Å². The molecule has 0 fully saturated rings. The fraction of sp³-hybridized carbons (Fsp3) is 0.125. The highest BCUT2D eigenvalue weighted by Crippen LogP contribution is 2.18. The number of anilines is 1. The predicted molar refractivity (Wildman–Crippen MR) is 91.8 cm³/mol. The molecule has 1 aromatic carbocycles. The van der Waals surface area contributed by atoms with E-state index in [-0.39, 0.29) is 5.91 Å². The molecule has 1 N–H and O–H groups in total. The number of benzene rings is 1. The Morgan fingerprint density at radius 1 is 1.19 bits per heavy atom. The zero-order chi connectivity index (χ0) is 15.0. The van der Waals surface area contributed by atoms with Gasteiger partial charge in [0.05, 0.1) is 5.69 Å². The van der Waals surface area contributed by atoms with E-state index in [1.807, 2.05) is 60.8 Å². The van der Waals surface area contributed by atoms with Crippen molar-refractivity contribution in [3.05, 3.63) is 63.1 Å². The fourth-order valence-corrected chi connectivity index (χ4v) is 2.67. The van der Waals surface area contributed by atoms with E-state index in [2.05, 4.69) is 32.9 Å². The molecule has 0 aliphatic rings. The minimum Gasteiger partial charge on any atom is -0.321 e. The number of nitrogens with one attached hydrogen (secondary N) is 1. The van der Waals surface area contributed by atoms with E-state index in [0.29, 0.717) is 5.69 Å². The number of carbonyl (C=O) groups excluding carboxylic acids is 1. The van der Waals surface area contributed by atoms with Gasteiger partial charge in [-0.3, -0.25) is 9.20 Å². The molecule has 0 saturated heterocycles. The Hall–Kier alpha value is -1.89. The van der Waals surface area contributed by atoms with Crippen molar-refractivity contribution in [3.63, 3.8) is 0 Å². The van der Waals surface area contributed by atoms with Gasteiger partial charge in [0.1, 0.15) is 11.3 Å². The Kier molecular flexibility index (Phi) is 3.67. The Morgan fingerprint density at radius 3 is 2.62 bits per heavy atom. The molecule has 0 saturated carbocycles. The van der Waals surface area contributed by atoms with Crippen LogP contribution in [0.25, 0.3) is 5.65 Å². The lowest BCUT2D eigenvalue weighted by Crippen LogP contribution is -2.15. The molecule has 4 nitrogen and oxygen atoms in total. The smallest absolute Gasteiger partial charge is 0.274 e. The first-order chi connectivity index (χ1) is 10.1. The monoisotopic (exact) mass is 391 g/mol. The molecule has 3 rings (SSSR count). The SMILES string of the molecule is Cc1nc2c(C)cccn2c1C(=O)Nc1ccc(I)cc1. The second-order valence-corrected chi connectivity index (χ2v) is 6.14. The molecule has 0 aliphatic heterocycles. The zero-order valence-electron chi connectivity index (χ0n) is 11.7. The van der Waals surface area contributed by atoms with Crippen molar-refractivity contribution < 1.29 is 4.79 Å². The number of rotatable bonds is 2. The Bertz CT molecular complexity index is 821. The number of imidazole rings is 1. The van der Waals surface area contributed by atoms with Gasteiger partial charge in [0, 0.05) is 15.5 Å². The summed E-state index contributed by atoms with van der Waals surface area (Å²) in [5.74, 6) is -0.146. The molecule has 5 heteroatoms. The molecule has 2 heterocycles. The summed E-state index contributed by atoms with van der Waals surface area (Å²) in [6.07, 6.45) is 1.87. The summed E-state index contributed by atoms with van der Waals surface area (Å²) >= 11 is 2.23. The Balaban J connectivity index is 2.00. The standard InChI is InChI=1S/C16H14IN3O/c1-10-4-3-9-20-14(11(2)18-15(10)20)16(21)19-13-7-5-12(17)6-8-13/h3-9H,1-2H3,(H,19,21). The Labute approximate surface area is 136 Å². The van der Waals surface area contributed by atoms with Crippen LogP contribution in [0.2, 0.25) is 0 Å². The minimum absolute atomic E-state index is 0.146. The number of aromatic nitrogens is 2. The summed E-state index contributed by atoms with van der Waals surface area (Å²) in [6, 6.07) is 11.6. The van der Waals surface area contributed by atoms with Crippen molar-refractivity contribution in [2.45, 2.75) is 13.8 Å². The van der Waals surface area contributed by atoms with Crippen molar-refractivity contribution in [3.8, 4) is 0 Å². The first kappa shape index (κ1) is 14.1. The number of amides is 1. The second kappa shape index (κ2) is 5.48. The molecule has 21 heavy (non-hydrogen) atoms. The number of hydrogen-bond donors (Lipinski definition) is 1. The van der Waals surface area contributed by atoms with Gasteiger partial charge in [-0.25, -0.2) is 4.98 Å². The summed E-state index contributed by atoms with van der Waals surface area (Å²) in [5, 5.41) is 2.92. The summed E-state index contributed by atoms with van der Waals surface area (Å²) in [5.41, 5.74) is 3.96. The maximum Gasteiger partial charge on any atom is 0.274 e. The van der Waals surface area contributed by atoms with Crippen molar-refractivity contribution in [2.24, 2.45) is 0 Å². The van der Waals surface area contributed by atoms with Crippen molar-refractivity contribution in [2.75, 3.05) is 5.32 Å². The van der Waals surface area contributed by atoms with Crippen LogP contribution in [-0.4, -0.2) is 15.3 Å². The normalized spacial score (nSPS) is 10.8. The Morgan fingerprint density at radius 2 is 1.90 bits per heavy atom. The van der Waals surface area contributed by atoms with Crippen LogP contribution in [0.5, 0.6) is 0 Å². The third-order valence-electron chi connectivity index (χ3n) is 3.34. The molecule has 1 amide bonds. The van der Waals surface area contributed by atoms with Gasteiger partial charge in [-0.15, -0.1) is 0 Å². The van der Waals surface area contributed by atoms with E-state index in [0.717, 1.165) is 26.2 Å². The number of hydrogen-bond acceptors (Lipinski definition) is 2. The molecule has 0 unspecified atom stereocenters. The quantitative estimate of drug-likeness (QED) is 0.676. The topological polar surface area (TPSA) is 46.4 Å². The maximum atomic E-state index is 12.5. The highest BCUT2D eigenvalue weighted by molar-refractivity contribution is 14.1. The van der Waals surface area contributed by atoms with Crippen LogP contribution >= 0.6 is 22.6 Å². The molecular weight excluding hydrogens is 377 g/mol. The molecule has 0 aliphatic carbocycles. The second-order valence-electron chi connectivity index (χ2n) is 4.89. The van der Waals surface area contributed by atoms with E-state index in [1.165, 1.54) is 0 Å². The van der Waals surface area contributed by atoms with E-state index in [9.17, 15) is 4.79 Å². The van der Waals surface area contributed by atoms with E-state index in [4.69, 9.17) is 0 Å². The molecule has 0 atom stereocenters. The number of aryl methyl sites for hydroxylation is 2. The van der Waals surface area contributed by atoms with Gasteiger partial charge in [-0.1, -0.05) is 6.07 Å². The third kappa shape index (κ3) is 2.65. The molecule has 2 aromatic heterocycles. The molecule has 0 bridgehead atoms. The van der Waals surface area contributed by atoms with Crippen LogP contribution in [-0.2, 0) is 0 Å². The molecule has 106 valence electrons. The summed E-state index contributed by atoms with van der Waals surface area (Å²) in [7, 11) is 0. The summed E-state index contributed by atoms with van der Waals surface area (Å²) in [4.78, 5) is 17.0. The molecule has 0 radical (unpaired) electrons. The van der Waals surface area contributed by atoms with Gasteiger partial charge in [-0.2, -0.15) is 0 Å². The number of carbonyl (C=O) groups is 1. The number of pyridine rings is 1. The first-order valence-electron chi connectivity index (χ1n) is 6.57. The van der Waals surface area contributed by atoms with Crippen LogP contribution in [0.1, 0.15) is 21.7 Å². The largest absolute Gasteiger partial charge is 0.321 e. The summed E-state index contributed by atoms with van der Waals surface area (Å²) in [6.45, 7) is 3.85. The zero-order valence-corrected chi connectivity index (χ0v) is 13.9. The highest BCUT2D eigenvalue weighted by Gasteiger charge is 2.17. The lowest BCUT2D eigenvalue weighted by molar-refractivity contribution is 0.102. The van der Waals surface area contributed by atoms with Gasteiger partial charge in [0.25, 0.3) is 5.91 Å². The average molecular weight is 391 g/mol.